The molecule has 8 nitrogen and oxygen atoms in total. The summed E-state index contributed by atoms with van der Waals surface area (Å²) >= 11 is 0. The van der Waals surface area contributed by atoms with E-state index in [1.54, 1.807) is 22.9 Å². The quantitative estimate of drug-likeness (QED) is 0.564. The van der Waals surface area contributed by atoms with Crippen molar-refractivity contribution in [2.45, 2.75) is 38.8 Å². The molecule has 1 aliphatic heterocycles. The molecule has 0 radical (unpaired) electrons. The minimum absolute atomic E-state index is 0.0319. The van der Waals surface area contributed by atoms with E-state index in [0.717, 1.165) is 24.2 Å². The van der Waals surface area contributed by atoms with Crippen molar-refractivity contribution < 1.29 is 23.7 Å². The lowest BCUT2D eigenvalue weighted by Gasteiger charge is -2.20. The van der Waals surface area contributed by atoms with Gasteiger partial charge in [-0.2, -0.15) is 0 Å². The standard InChI is InChI=1S/C25H28N2O6/c1-5-15(6-2)27-13-23(17-11-21(30-3)22(31-4)12-18(17)24(27)28)33-25(29)26-19-14-32-20-10-8-7-9-16(19)20/h7-13,15,19H,5-6,14H2,1-4H3,(H,26,29). The van der Waals surface area contributed by atoms with Crippen LogP contribution in [0, 0.1) is 0 Å². The van der Waals surface area contributed by atoms with Crippen LogP contribution in [-0.4, -0.2) is 31.5 Å². The molecule has 33 heavy (non-hydrogen) atoms. The number of para-hydroxylation sites is 1. The predicted octanol–water partition coefficient (Wildman–Crippen LogP) is 4.60. The van der Waals surface area contributed by atoms with E-state index in [-0.39, 0.29) is 23.4 Å². The Kier molecular flexibility index (Phi) is 6.44. The molecule has 2 heterocycles. The highest BCUT2D eigenvalue weighted by Gasteiger charge is 2.26. The molecule has 8 heteroatoms. The number of carbonyl (C=O) groups excluding carboxylic acids is 1. The molecule has 0 fully saturated rings. The first-order valence-corrected chi connectivity index (χ1v) is 11.0. The van der Waals surface area contributed by atoms with Crippen LogP contribution in [0.2, 0.25) is 0 Å². The molecule has 0 aliphatic carbocycles. The molecule has 3 aromatic rings. The number of nitrogens with zero attached hydrogens (tertiary/aromatic N) is 1. The Bertz CT molecular complexity index is 1230. The van der Waals surface area contributed by atoms with Gasteiger partial charge in [0, 0.05) is 17.0 Å². The average molecular weight is 453 g/mol. The van der Waals surface area contributed by atoms with E-state index in [9.17, 15) is 9.59 Å². The molecular weight excluding hydrogens is 424 g/mol. The van der Waals surface area contributed by atoms with Crippen LogP contribution in [0.4, 0.5) is 4.79 Å². The summed E-state index contributed by atoms with van der Waals surface area (Å²) in [5, 5.41) is 3.72. The van der Waals surface area contributed by atoms with Crippen molar-refractivity contribution in [1.82, 2.24) is 9.88 Å². The lowest BCUT2D eigenvalue weighted by molar-refractivity contribution is 0.192. The molecule has 1 aromatic heterocycles. The largest absolute Gasteiger partial charge is 0.493 e. The van der Waals surface area contributed by atoms with Crippen molar-refractivity contribution in [2.75, 3.05) is 20.8 Å². The van der Waals surface area contributed by atoms with Crippen molar-refractivity contribution in [2.24, 2.45) is 0 Å². The Hall–Kier alpha value is -3.68. The number of rotatable bonds is 7. The average Bonchev–Trinajstić information content (AvgIpc) is 3.24. The van der Waals surface area contributed by atoms with Gasteiger partial charge in [0.2, 0.25) is 0 Å². The number of hydrogen-bond donors (Lipinski definition) is 1. The van der Waals surface area contributed by atoms with Crippen LogP contribution < -0.4 is 29.8 Å². The van der Waals surface area contributed by atoms with E-state index in [4.69, 9.17) is 18.9 Å². The second-order valence-corrected chi connectivity index (χ2v) is 7.86. The van der Waals surface area contributed by atoms with Gasteiger partial charge < -0.3 is 28.8 Å². The molecule has 1 unspecified atom stereocenters. The van der Waals surface area contributed by atoms with Gasteiger partial charge >= 0.3 is 6.09 Å². The van der Waals surface area contributed by atoms with E-state index < -0.39 is 6.09 Å². The lowest BCUT2D eigenvalue weighted by atomic mass is 10.1. The van der Waals surface area contributed by atoms with Gasteiger partial charge in [0.1, 0.15) is 12.4 Å². The lowest BCUT2D eigenvalue weighted by Crippen LogP contribution is -2.32. The highest BCUT2D eigenvalue weighted by molar-refractivity contribution is 5.92. The van der Waals surface area contributed by atoms with Crippen molar-refractivity contribution >= 4 is 16.9 Å². The van der Waals surface area contributed by atoms with E-state index in [1.165, 1.54) is 14.2 Å². The summed E-state index contributed by atoms with van der Waals surface area (Å²) in [6.07, 6.45) is 2.49. The van der Waals surface area contributed by atoms with Gasteiger partial charge in [0.25, 0.3) is 5.56 Å². The number of nitrogens with one attached hydrogen (secondary N) is 1. The molecule has 0 saturated heterocycles. The molecule has 1 atom stereocenters. The summed E-state index contributed by atoms with van der Waals surface area (Å²) in [5.74, 6) is 1.88. The van der Waals surface area contributed by atoms with Gasteiger partial charge in [-0.15, -0.1) is 0 Å². The fourth-order valence-corrected chi connectivity index (χ4v) is 4.24. The Labute approximate surface area is 192 Å². The summed E-state index contributed by atoms with van der Waals surface area (Å²) in [4.78, 5) is 26.2. The number of pyridine rings is 1. The Morgan fingerprint density at radius 3 is 2.42 bits per heavy atom. The van der Waals surface area contributed by atoms with Crippen LogP contribution in [0.25, 0.3) is 10.8 Å². The number of ether oxygens (including phenoxy) is 4. The van der Waals surface area contributed by atoms with Gasteiger partial charge in [0.15, 0.2) is 17.2 Å². The van der Waals surface area contributed by atoms with Crippen molar-refractivity contribution in [3.05, 3.63) is 58.5 Å². The Balaban J connectivity index is 1.74. The molecule has 1 aliphatic rings. The number of aromatic nitrogens is 1. The van der Waals surface area contributed by atoms with Gasteiger partial charge in [-0.25, -0.2) is 4.79 Å². The fourth-order valence-electron chi connectivity index (χ4n) is 4.24. The number of amides is 1. The highest BCUT2D eigenvalue weighted by atomic mass is 16.6. The minimum Gasteiger partial charge on any atom is -0.493 e. The second kappa shape index (κ2) is 9.44. The summed E-state index contributed by atoms with van der Waals surface area (Å²) in [5.41, 5.74) is 0.721. The molecule has 2 aromatic carbocycles. The van der Waals surface area contributed by atoms with Crippen LogP contribution in [0.3, 0.4) is 0 Å². The maximum absolute atomic E-state index is 13.3. The zero-order valence-electron chi connectivity index (χ0n) is 19.2. The molecular formula is C25H28N2O6. The first kappa shape index (κ1) is 22.5. The van der Waals surface area contributed by atoms with Crippen LogP contribution in [0.15, 0.2) is 47.4 Å². The predicted molar refractivity (Wildman–Crippen MR) is 125 cm³/mol. The molecule has 0 bridgehead atoms. The van der Waals surface area contributed by atoms with Crippen LogP contribution in [0.5, 0.6) is 23.0 Å². The van der Waals surface area contributed by atoms with Crippen LogP contribution in [-0.2, 0) is 0 Å². The first-order chi connectivity index (χ1) is 16.0. The van der Waals surface area contributed by atoms with Gasteiger partial charge in [-0.1, -0.05) is 32.0 Å². The number of hydrogen-bond acceptors (Lipinski definition) is 6. The van der Waals surface area contributed by atoms with Crippen molar-refractivity contribution in [3.8, 4) is 23.0 Å². The first-order valence-electron chi connectivity index (χ1n) is 11.0. The Morgan fingerprint density at radius 1 is 1.09 bits per heavy atom. The van der Waals surface area contributed by atoms with Gasteiger partial charge in [-0.05, 0) is 31.0 Å². The Morgan fingerprint density at radius 2 is 1.76 bits per heavy atom. The molecule has 4 rings (SSSR count). The van der Waals surface area contributed by atoms with E-state index >= 15 is 0 Å². The summed E-state index contributed by atoms with van der Waals surface area (Å²) in [6, 6.07) is 10.5. The number of benzene rings is 2. The summed E-state index contributed by atoms with van der Waals surface area (Å²) < 4.78 is 23.8. The molecule has 0 saturated carbocycles. The molecule has 1 N–H and O–H groups in total. The number of fused-ring (bicyclic) bond motifs is 2. The van der Waals surface area contributed by atoms with Crippen LogP contribution in [0.1, 0.15) is 44.3 Å². The normalized spacial score (nSPS) is 14.6. The van der Waals surface area contributed by atoms with E-state index in [2.05, 4.69) is 5.32 Å². The van der Waals surface area contributed by atoms with Gasteiger partial charge in [-0.3, -0.25) is 4.79 Å². The van der Waals surface area contributed by atoms with Crippen LogP contribution >= 0.6 is 0 Å². The molecule has 1 amide bonds. The zero-order valence-corrected chi connectivity index (χ0v) is 19.2. The highest BCUT2D eigenvalue weighted by Crippen LogP contribution is 2.36. The zero-order chi connectivity index (χ0) is 23.5. The SMILES string of the molecule is CCC(CC)n1cc(OC(=O)NC2COc3ccccc32)c2cc(OC)c(OC)cc2c1=O. The maximum Gasteiger partial charge on any atom is 0.413 e. The third-order valence-corrected chi connectivity index (χ3v) is 6.04. The summed E-state index contributed by atoms with van der Waals surface area (Å²) in [7, 11) is 3.03. The fraction of sp³-hybridized carbons (Fsp3) is 0.360. The monoisotopic (exact) mass is 452 g/mol. The van der Waals surface area contributed by atoms with E-state index in [1.807, 2.05) is 38.1 Å². The van der Waals surface area contributed by atoms with E-state index in [0.29, 0.717) is 28.9 Å². The molecule has 0 spiro atoms. The third kappa shape index (κ3) is 4.20. The maximum atomic E-state index is 13.3. The van der Waals surface area contributed by atoms with Crippen molar-refractivity contribution in [1.29, 1.82) is 0 Å². The van der Waals surface area contributed by atoms with Gasteiger partial charge in [0.05, 0.1) is 31.8 Å². The topological polar surface area (TPSA) is 88.0 Å². The second-order valence-electron chi connectivity index (χ2n) is 7.86. The molecule has 174 valence electrons. The smallest absolute Gasteiger partial charge is 0.413 e. The van der Waals surface area contributed by atoms with Crippen molar-refractivity contribution in [3.63, 3.8) is 0 Å². The third-order valence-electron chi connectivity index (χ3n) is 6.04. The minimum atomic E-state index is -0.633. The number of carbonyl (C=O) groups is 1. The summed E-state index contributed by atoms with van der Waals surface area (Å²) in [6.45, 7) is 4.36. The number of methoxy groups -OCH3 is 2.